The van der Waals surface area contributed by atoms with Gasteiger partial charge in [0.1, 0.15) is 11.5 Å². The first kappa shape index (κ1) is 23.0. The predicted molar refractivity (Wildman–Crippen MR) is 140 cm³/mol. The summed E-state index contributed by atoms with van der Waals surface area (Å²) in [5, 5.41) is 2.99. The van der Waals surface area contributed by atoms with Crippen molar-refractivity contribution in [3.05, 3.63) is 89.5 Å². The number of hydrogen-bond donors (Lipinski definition) is 1. The van der Waals surface area contributed by atoms with Crippen LogP contribution in [0.25, 0.3) is 6.08 Å². The molecule has 3 aliphatic rings. The molecule has 0 bridgehead atoms. The van der Waals surface area contributed by atoms with Crippen LogP contribution in [-0.2, 0) is 15.0 Å². The van der Waals surface area contributed by atoms with Gasteiger partial charge in [-0.15, -0.1) is 0 Å². The maximum absolute atomic E-state index is 14.5. The Morgan fingerprint density at radius 3 is 2.43 bits per heavy atom. The molecule has 0 aliphatic carbocycles. The van der Waals surface area contributed by atoms with Crippen LogP contribution in [0, 0.1) is 5.92 Å². The van der Waals surface area contributed by atoms with Gasteiger partial charge < -0.3 is 19.7 Å². The molecule has 7 nitrogen and oxygen atoms in total. The van der Waals surface area contributed by atoms with Crippen molar-refractivity contribution in [3.63, 3.8) is 0 Å². The molecule has 0 aromatic heterocycles. The number of ether oxygens (including phenoxy) is 2. The zero-order chi connectivity index (χ0) is 25.9. The summed E-state index contributed by atoms with van der Waals surface area (Å²) in [6.07, 6.45) is 3.92. The first-order valence-electron chi connectivity index (χ1n) is 12.2. The van der Waals surface area contributed by atoms with E-state index in [9.17, 15) is 14.4 Å². The minimum Gasteiger partial charge on any atom is -0.493 e. The number of ketones is 2. The smallest absolute Gasteiger partial charge is 0.238 e. The second kappa shape index (κ2) is 8.34. The lowest BCUT2D eigenvalue weighted by atomic mass is 9.64. The Balaban J connectivity index is 1.63. The van der Waals surface area contributed by atoms with Crippen LogP contribution in [0.15, 0.2) is 72.8 Å². The highest BCUT2D eigenvalue weighted by Gasteiger charge is 2.70. The summed E-state index contributed by atoms with van der Waals surface area (Å²) in [5.74, 6) is -0.707. The van der Waals surface area contributed by atoms with Crippen molar-refractivity contribution in [2.75, 3.05) is 24.4 Å². The standard InChI is InChI=1S/C30H26N2O5/c1-17(33)28-30(20-9-5-6-10-21(20)31-29(30)35)26(23-14-12-18-8-4-7-11-22(18)32(23)28)27(34)19-13-15-24(36-2)25(16-19)37-3/h4-16,23,26,28H,1-3H3,(H,31,35). The van der Waals surface area contributed by atoms with Crippen LogP contribution in [0.4, 0.5) is 11.4 Å². The summed E-state index contributed by atoms with van der Waals surface area (Å²) in [7, 11) is 3.04. The summed E-state index contributed by atoms with van der Waals surface area (Å²) >= 11 is 0. The van der Waals surface area contributed by atoms with Gasteiger partial charge in [0.05, 0.1) is 26.2 Å². The largest absolute Gasteiger partial charge is 0.493 e. The molecular weight excluding hydrogens is 468 g/mol. The minimum absolute atomic E-state index is 0.176. The number of fused-ring (bicyclic) bond motifs is 5. The van der Waals surface area contributed by atoms with E-state index < -0.39 is 23.4 Å². The fourth-order valence-corrected chi connectivity index (χ4v) is 6.49. The molecule has 186 valence electrons. The number of methoxy groups -OCH3 is 2. The molecule has 4 unspecified atom stereocenters. The topological polar surface area (TPSA) is 84.9 Å². The molecule has 1 amide bonds. The van der Waals surface area contributed by atoms with Crippen molar-refractivity contribution < 1.29 is 23.9 Å². The molecule has 3 aromatic carbocycles. The Labute approximate surface area is 214 Å². The number of carbonyl (C=O) groups is 3. The maximum atomic E-state index is 14.5. The fraction of sp³-hybridized carbons (Fsp3) is 0.233. The van der Waals surface area contributed by atoms with Crippen LogP contribution < -0.4 is 19.7 Å². The third-order valence-corrected chi connectivity index (χ3v) is 7.88. The van der Waals surface area contributed by atoms with Crippen molar-refractivity contribution in [2.45, 2.75) is 24.4 Å². The number of nitrogens with zero attached hydrogens (tertiary/aromatic N) is 1. The fourth-order valence-electron chi connectivity index (χ4n) is 6.49. The lowest BCUT2D eigenvalue weighted by Crippen LogP contribution is -2.54. The average molecular weight is 495 g/mol. The molecule has 37 heavy (non-hydrogen) atoms. The van der Waals surface area contributed by atoms with E-state index >= 15 is 0 Å². The van der Waals surface area contributed by atoms with Gasteiger partial charge in [-0.1, -0.05) is 48.6 Å². The van der Waals surface area contributed by atoms with Gasteiger partial charge in [0.2, 0.25) is 5.91 Å². The number of benzene rings is 3. The first-order valence-corrected chi connectivity index (χ1v) is 12.2. The molecule has 0 saturated carbocycles. The number of anilines is 2. The van der Waals surface area contributed by atoms with Crippen molar-refractivity contribution in [3.8, 4) is 11.5 Å². The van der Waals surface area contributed by atoms with E-state index in [1.165, 1.54) is 21.1 Å². The molecule has 6 rings (SSSR count). The zero-order valence-electron chi connectivity index (χ0n) is 20.7. The third-order valence-electron chi connectivity index (χ3n) is 7.88. The molecule has 3 aromatic rings. The second-order valence-electron chi connectivity index (χ2n) is 9.61. The average Bonchev–Trinajstić information content (AvgIpc) is 3.40. The Kier molecular flexibility index (Phi) is 5.19. The summed E-state index contributed by atoms with van der Waals surface area (Å²) in [6.45, 7) is 1.50. The Hall–Kier alpha value is -4.39. The van der Waals surface area contributed by atoms with Gasteiger partial charge in [-0.3, -0.25) is 14.4 Å². The van der Waals surface area contributed by atoms with E-state index in [-0.39, 0.29) is 17.5 Å². The first-order chi connectivity index (χ1) is 17.9. The Morgan fingerprint density at radius 2 is 1.68 bits per heavy atom. The van der Waals surface area contributed by atoms with Gasteiger partial charge in [0, 0.05) is 16.9 Å². The molecule has 1 saturated heterocycles. The Morgan fingerprint density at radius 1 is 0.946 bits per heavy atom. The Bertz CT molecular complexity index is 1490. The molecular formula is C30H26N2O5. The van der Waals surface area contributed by atoms with Crippen LogP contribution in [0.3, 0.4) is 0 Å². The van der Waals surface area contributed by atoms with Crippen LogP contribution in [0.5, 0.6) is 11.5 Å². The van der Waals surface area contributed by atoms with Crippen molar-refractivity contribution >= 4 is 34.9 Å². The van der Waals surface area contributed by atoms with Gasteiger partial charge in [-0.2, -0.15) is 0 Å². The number of Topliss-reactive ketones (excluding diaryl/α,β-unsaturated/α-hetero) is 2. The molecule has 1 fully saturated rings. The number of carbonyl (C=O) groups excluding carboxylic acids is 3. The van der Waals surface area contributed by atoms with Crippen LogP contribution in [-0.4, -0.2) is 43.8 Å². The van der Waals surface area contributed by atoms with Gasteiger partial charge >= 0.3 is 0 Å². The molecule has 3 aliphatic heterocycles. The number of amides is 1. The van der Waals surface area contributed by atoms with Crippen LogP contribution in [0.1, 0.15) is 28.4 Å². The molecule has 1 N–H and O–H groups in total. The van der Waals surface area contributed by atoms with E-state index in [2.05, 4.69) is 5.32 Å². The SMILES string of the molecule is COc1ccc(C(=O)C2C3C=Cc4ccccc4N3C(C(C)=O)C23C(=O)Nc2ccccc23)cc1OC. The van der Waals surface area contributed by atoms with E-state index in [1.54, 1.807) is 18.2 Å². The van der Waals surface area contributed by atoms with Gasteiger partial charge in [0.15, 0.2) is 23.1 Å². The van der Waals surface area contributed by atoms with Gasteiger partial charge in [0.25, 0.3) is 0 Å². The quantitative estimate of drug-likeness (QED) is 0.534. The maximum Gasteiger partial charge on any atom is 0.238 e. The van der Waals surface area contributed by atoms with Crippen LogP contribution >= 0.6 is 0 Å². The molecule has 1 spiro atoms. The third kappa shape index (κ3) is 3.03. The normalized spacial score (nSPS) is 24.8. The van der Waals surface area contributed by atoms with Gasteiger partial charge in [-0.05, 0) is 48.4 Å². The predicted octanol–water partition coefficient (Wildman–Crippen LogP) is 4.27. The zero-order valence-corrected chi connectivity index (χ0v) is 20.7. The monoisotopic (exact) mass is 494 g/mol. The summed E-state index contributed by atoms with van der Waals surface area (Å²) < 4.78 is 10.8. The lowest BCUT2D eigenvalue weighted by molar-refractivity contribution is -0.127. The van der Waals surface area contributed by atoms with Crippen molar-refractivity contribution in [1.82, 2.24) is 0 Å². The van der Waals surface area contributed by atoms with Gasteiger partial charge in [-0.25, -0.2) is 0 Å². The lowest BCUT2D eigenvalue weighted by Gasteiger charge is -2.36. The molecule has 7 heteroatoms. The van der Waals surface area contributed by atoms with E-state index in [0.717, 1.165) is 11.3 Å². The number of hydrogen-bond acceptors (Lipinski definition) is 6. The summed E-state index contributed by atoms with van der Waals surface area (Å²) in [4.78, 5) is 44.1. The van der Waals surface area contributed by atoms with Crippen molar-refractivity contribution in [2.24, 2.45) is 5.92 Å². The van der Waals surface area contributed by atoms with Crippen molar-refractivity contribution in [1.29, 1.82) is 0 Å². The summed E-state index contributed by atoms with van der Waals surface area (Å²) in [5.41, 5.74) is 2.02. The summed E-state index contributed by atoms with van der Waals surface area (Å²) in [6, 6.07) is 18.7. The van der Waals surface area contributed by atoms with E-state index in [1.807, 2.05) is 65.6 Å². The van der Waals surface area contributed by atoms with Crippen LogP contribution in [0.2, 0.25) is 0 Å². The second-order valence-corrected chi connectivity index (χ2v) is 9.61. The molecule has 4 atom stereocenters. The number of nitrogens with one attached hydrogen (secondary N) is 1. The highest BCUT2D eigenvalue weighted by Crippen LogP contribution is 2.57. The highest BCUT2D eigenvalue weighted by molar-refractivity contribution is 6.17. The molecule has 3 heterocycles. The molecule has 0 radical (unpaired) electrons. The van der Waals surface area contributed by atoms with E-state index in [4.69, 9.17) is 9.47 Å². The van der Waals surface area contributed by atoms with E-state index in [0.29, 0.717) is 28.3 Å². The number of para-hydroxylation sites is 2. The highest BCUT2D eigenvalue weighted by atomic mass is 16.5. The minimum atomic E-state index is -1.42. The number of rotatable bonds is 5.